The van der Waals surface area contributed by atoms with Crippen molar-refractivity contribution in [2.45, 2.75) is 0 Å². The molecule has 1 aromatic heterocycles. The Labute approximate surface area is 145 Å². The minimum Gasteiger partial charge on any atom is -0.467 e. The van der Waals surface area contributed by atoms with E-state index in [0.717, 1.165) is 15.4 Å². The zero-order chi connectivity index (χ0) is 16.2. The highest BCUT2D eigenvalue weighted by Crippen LogP contribution is 2.24. The molecule has 0 saturated heterocycles. The first-order valence-electron chi connectivity index (χ1n) is 6.70. The standard InChI is InChI=1S/C16H11BrClN3O2/c17-10-4-5-14-13(6-10)16(20-9-19-14)23-8-15(22)21-12-3-1-2-11(18)7-12/h1-7,9H,8H2,(H,21,22). The predicted molar refractivity (Wildman–Crippen MR) is 92.8 cm³/mol. The number of hydrogen-bond acceptors (Lipinski definition) is 4. The van der Waals surface area contributed by atoms with Gasteiger partial charge in [-0.2, -0.15) is 0 Å². The van der Waals surface area contributed by atoms with E-state index in [2.05, 4.69) is 31.2 Å². The Morgan fingerprint density at radius 2 is 2.09 bits per heavy atom. The minimum absolute atomic E-state index is 0.162. The third kappa shape index (κ3) is 3.97. The lowest BCUT2D eigenvalue weighted by Gasteiger charge is -2.09. The first kappa shape index (κ1) is 15.7. The highest BCUT2D eigenvalue weighted by molar-refractivity contribution is 9.10. The Balaban J connectivity index is 1.71. The Kier molecular flexibility index (Phi) is 4.73. The fourth-order valence-corrected chi connectivity index (χ4v) is 2.57. The molecule has 0 radical (unpaired) electrons. The number of ether oxygens (including phenoxy) is 1. The van der Waals surface area contributed by atoms with Crippen molar-refractivity contribution in [3.63, 3.8) is 0 Å². The number of aromatic nitrogens is 2. The molecule has 0 saturated carbocycles. The maximum Gasteiger partial charge on any atom is 0.262 e. The monoisotopic (exact) mass is 391 g/mol. The molecule has 0 bridgehead atoms. The molecule has 0 aliphatic heterocycles. The maximum absolute atomic E-state index is 12.0. The van der Waals surface area contributed by atoms with Crippen LogP contribution in [-0.4, -0.2) is 22.5 Å². The molecule has 1 N–H and O–H groups in total. The first-order chi connectivity index (χ1) is 11.1. The van der Waals surface area contributed by atoms with Gasteiger partial charge in [0, 0.05) is 15.2 Å². The Morgan fingerprint density at radius 3 is 2.91 bits per heavy atom. The Hall–Kier alpha value is -2.18. The first-order valence-corrected chi connectivity index (χ1v) is 7.87. The van der Waals surface area contributed by atoms with Crippen LogP contribution in [0.15, 0.2) is 53.3 Å². The van der Waals surface area contributed by atoms with E-state index in [1.54, 1.807) is 24.3 Å². The van der Waals surface area contributed by atoms with Crippen molar-refractivity contribution in [1.29, 1.82) is 0 Å². The zero-order valence-electron chi connectivity index (χ0n) is 11.8. The van der Waals surface area contributed by atoms with E-state index in [0.29, 0.717) is 16.6 Å². The average Bonchev–Trinajstić information content (AvgIpc) is 2.53. The molecule has 0 unspecified atom stereocenters. The fraction of sp³-hybridized carbons (Fsp3) is 0.0625. The molecule has 2 aromatic carbocycles. The number of amides is 1. The number of benzene rings is 2. The molecule has 0 fully saturated rings. The lowest BCUT2D eigenvalue weighted by Crippen LogP contribution is -2.20. The molecular weight excluding hydrogens is 382 g/mol. The minimum atomic E-state index is -0.297. The van der Waals surface area contributed by atoms with E-state index >= 15 is 0 Å². The third-order valence-corrected chi connectivity index (χ3v) is 3.74. The molecule has 1 amide bonds. The normalized spacial score (nSPS) is 10.5. The number of nitrogens with one attached hydrogen (secondary N) is 1. The second-order valence-corrected chi connectivity index (χ2v) is 6.04. The van der Waals surface area contributed by atoms with Crippen molar-refractivity contribution >= 4 is 50.0 Å². The summed E-state index contributed by atoms with van der Waals surface area (Å²) in [4.78, 5) is 20.2. The summed E-state index contributed by atoms with van der Waals surface area (Å²) in [6.07, 6.45) is 1.40. The molecule has 5 nitrogen and oxygen atoms in total. The number of halogens is 2. The van der Waals surface area contributed by atoms with E-state index in [9.17, 15) is 4.79 Å². The van der Waals surface area contributed by atoms with Crippen molar-refractivity contribution in [3.8, 4) is 5.88 Å². The molecular formula is C16H11BrClN3O2. The molecule has 0 spiro atoms. The van der Waals surface area contributed by atoms with Gasteiger partial charge in [-0.1, -0.05) is 33.6 Å². The van der Waals surface area contributed by atoms with Gasteiger partial charge in [-0.25, -0.2) is 9.97 Å². The summed E-state index contributed by atoms with van der Waals surface area (Å²) in [6.45, 7) is -0.162. The zero-order valence-corrected chi connectivity index (χ0v) is 14.1. The van der Waals surface area contributed by atoms with Crippen LogP contribution in [0.3, 0.4) is 0 Å². The van der Waals surface area contributed by atoms with Crippen LogP contribution in [0.25, 0.3) is 10.9 Å². The second-order valence-electron chi connectivity index (χ2n) is 4.69. The molecule has 0 aliphatic carbocycles. The lowest BCUT2D eigenvalue weighted by molar-refractivity contribution is -0.118. The molecule has 7 heteroatoms. The summed E-state index contributed by atoms with van der Waals surface area (Å²) in [5, 5.41) is 4.00. The predicted octanol–water partition coefficient (Wildman–Crippen LogP) is 4.06. The van der Waals surface area contributed by atoms with E-state index < -0.39 is 0 Å². The van der Waals surface area contributed by atoms with Crippen molar-refractivity contribution in [1.82, 2.24) is 9.97 Å². The summed E-state index contributed by atoms with van der Waals surface area (Å²) in [7, 11) is 0. The summed E-state index contributed by atoms with van der Waals surface area (Å²) >= 11 is 9.27. The third-order valence-electron chi connectivity index (χ3n) is 3.01. The number of fused-ring (bicyclic) bond motifs is 1. The van der Waals surface area contributed by atoms with E-state index in [1.807, 2.05) is 18.2 Å². The quantitative estimate of drug-likeness (QED) is 0.727. The van der Waals surface area contributed by atoms with Crippen LogP contribution in [0.1, 0.15) is 0 Å². The highest BCUT2D eigenvalue weighted by Gasteiger charge is 2.09. The molecule has 116 valence electrons. The van der Waals surface area contributed by atoms with Gasteiger partial charge in [0.2, 0.25) is 5.88 Å². The summed E-state index contributed by atoms with van der Waals surface area (Å²) in [5.74, 6) is 0.0616. The topological polar surface area (TPSA) is 64.1 Å². The number of rotatable bonds is 4. The number of anilines is 1. The van der Waals surface area contributed by atoms with Crippen LogP contribution in [0.2, 0.25) is 5.02 Å². The van der Waals surface area contributed by atoms with Gasteiger partial charge in [0.1, 0.15) is 6.33 Å². The van der Waals surface area contributed by atoms with Crippen LogP contribution >= 0.6 is 27.5 Å². The van der Waals surface area contributed by atoms with Gasteiger partial charge in [0.15, 0.2) is 6.61 Å². The van der Waals surface area contributed by atoms with Gasteiger partial charge in [0.25, 0.3) is 5.91 Å². The summed E-state index contributed by atoms with van der Waals surface area (Å²) in [5.41, 5.74) is 1.36. The molecule has 3 aromatic rings. The molecule has 0 atom stereocenters. The molecule has 3 rings (SSSR count). The number of carbonyl (C=O) groups excluding carboxylic acids is 1. The number of carbonyl (C=O) groups is 1. The Bertz CT molecular complexity index is 873. The van der Waals surface area contributed by atoms with Gasteiger partial charge < -0.3 is 10.1 Å². The Morgan fingerprint density at radius 1 is 1.22 bits per heavy atom. The van der Waals surface area contributed by atoms with Gasteiger partial charge in [-0.05, 0) is 36.4 Å². The SMILES string of the molecule is O=C(COc1ncnc2ccc(Br)cc12)Nc1cccc(Cl)c1. The van der Waals surface area contributed by atoms with Crippen molar-refractivity contribution in [2.75, 3.05) is 11.9 Å². The largest absolute Gasteiger partial charge is 0.467 e. The van der Waals surface area contributed by atoms with E-state index in [-0.39, 0.29) is 12.5 Å². The van der Waals surface area contributed by atoms with Gasteiger partial charge >= 0.3 is 0 Å². The van der Waals surface area contributed by atoms with Crippen LogP contribution in [0.5, 0.6) is 5.88 Å². The molecule has 23 heavy (non-hydrogen) atoms. The van der Waals surface area contributed by atoms with Gasteiger partial charge in [-0.3, -0.25) is 4.79 Å². The van der Waals surface area contributed by atoms with Gasteiger partial charge in [0.05, 0.1) is 10.9 Å². The van der Waals surface area contributed by atoms with Crippen molar-refractivity contribution in [3.05, 3.63) is 58.3 Å². The van der Waals surface area contributed by atoms with Crippen molar-refractivity contribution < 1.29 is 9.53 Å². The van der Waals surface area contributed by atoms with Crippen LogP contribution in [-0.2, 0) is 4.79 Å². The highest BCUT2D eigenvalue weighted by atomic mass is 79.9. The maximum atomic E-state index is 12.0. The number of nitrogens with zero attached hydrogens (tertiary/aromatic N) is 2. The van der Waals surface area contributed by atoms with E-state index in [4.69, 9.17) is 16.3 Å². The number of hydrogen-bond donors (Lipinski definition) is 1. The van der Waals surface area contributed by atoms with Gasteiger partial charge in [-0.15, -0.1) is 0 Å². The summed E-state index contributed by atoms with van der Waals surface area (Å²) in [6, 6.07) is 12.5. The molecule has 1 heterocycles. The summed E-state index contributed by atoms with van der Waals surface area (Å²) < 4.78 is 6.40. The fourth-order valence-electron chi connectivity index (χ4n) is 2.02. The molecule has 0 aliphatic rings. The van der Waals surface area contributed by atoms with E-state index in [1.165, 1.54) is 6.33 Å². The van der Waals surface area contributed by atoms with Crippen LogP contribution < -0.4 is 10.1 Å². The smallest absolute Gasteiger partial charge is 0.262 e. The van der Waals surface area contributed by atoms with Crippen molar-refractivity contribution in [2.24, 2.45) is 0 Å². The second kappa shape index (κ2) is 6.93. The average molecular weight is 393 g/mol. The van der Waals surface area contributed by atoms with Crippen LogP contribution in [0.4, 0.5) is 5.69 Å². The lowest BCUT2D eigenvalue weighted by atomic mass is 10.2. The van der Waals surface area contributed by atoms with Crippen LogP contribution in [0, 0.1) is 0 Å².